The molecule has 2 saturated heterocycles. The Morgan fingerprint density at radius 3 is 2.19 bits per heavy atom. The van der Waals surface area contributed by atoms with Gasteiger partial charge in [0.1, 0.15) is 11.9 Å². The Bertz CT molecular complexity index is 682. The van der Waals surface area contributed by atoms with Crippen LogP contribution >= 0.6 is 0 Å². The number of benzene rings is 1. The maximum Gasteiger partial charge on any atom is 0.216 e. The topological polar surface area (TPSA) is 49.9 Å². The Morgan fingerprint density at radius 1 is 1.04 bits per heavy atom. The van der Waals surface area contributed by atoms with E-state index in [1.54, 1.807) is 18.2 Å². The fraction of sp³-hybridized carbons (Fsp3) is 0.700. The van der Waals surface area contributed by atoms with E-state index in [0.29, 0.717) is 31.1 Å². The van der Waals surface area contributed by atoms with Gasteiger partial charge in [0.25, 0.3) is 0 Å². The quantitative estimate of drug-likeness (QED) is 0.761. The lowest BCUT2D eigenvalue weighted by Crippen LogP contribution is -2.68. The first kappa shape index (κ1) is 19.6. The van der Waals surface area contributed by atoms with Gasteiger partial charge in [-0.3, -0.25) is 4.90 Å². The number of likely N-dealkylation sites (tertiary alicyclic amines) is 1. The number of ether oxygens (including phenoxy) is 1. The summed E-state index contributed by atoms with van der Waals surface area (Å²) in [4.78, 5) is 2.50. The normalized spacial score (nSPS) is 26.2. The Morgan fingerprint density at radius 2 is 1.65 bits per heavy atom. The van der Waals surface area contributed by atoms with Crippen LogP contribution in [-0.4, -0.2) is 60.7 Å². The molecule has 146 valence electrons. The van der Waals surface area contributed by atoms with Crippen molar-refractivity contribution < 1.29 is 13.2 Å². The molecule has 2 fully saturated rings. The molecule has 1 aromatic carbocycles. The summed E-state index contributed by atoms with van der Waals surface area (Å²) in [7, 11) is -3.14. The second-order valence-corrected chi connectivity index (χ2v) is 10.6. The average molecular weight is 381 g/mol. The van der Waals surface area contributed by atoms with Crippen LogP contribution in [0.3, 0.4) is 0 Å². The van der Waals surface area contributed by atoms with E-state index in [0.717, 1.165) is 25.1 Å². The number of sulfonamides is 1. The maximum atomic E-state index is 12.4. The van der Waals surface area contributed by atoms with Gasteiger partial charge in [-0.2, -0.15) is 0 Å². The van der Waals surface area contributed by atoms with E-state index in [1.165, 1.54) is 0 Å². The van der Waals surface area contributed by atoms with Crippen LogP contribution < -0.4 is 4.74 Å². The summed E-state index contributed by atoms with van der Waals surface area (Å²) in [5.41, 5.74) is 0. The second-order valence-electron chi connectivity index (χ2n) is 8.08. The lowest BCUT2D eigenvalue weighted by atomic mass is 9.80. The third-order valence-electron chi connectivity index (χ3n) is 5.79. The molecule has 2 aliphatic heterocycles. The number of nitrogens with zero attached hydrogens (tertiary/aromatic N) is 2. The maximum absolute atomic E-state index is 12.4. The molecule has 0 N–H and O–H groups in total. The van der Waals surface area contributed by atoms with Crippen LogP contribution in [0.5, 0.6) is 5.75 Å². The smallest absolute Gasteiger partial charge is 0.216 e. The van der Waals surface area contributed by atoms with E-state index in [4.69, 9.17) is 4.74 Å². The van der Waals surface area contributed by atoms with Crippen LogP contribution in [0, 0.1) is 5.92 Å². The largest absolute Gasteiger partial charge is 0.487 e. The van der Waals surface area contributed by atoms with E-state index < -0.39 is 10.0 Å². The van der Waals surface area contributed by atoms with Crippen LogP contribution in [0.25, 0.3) is 0 Å². The first-order chi connectivity index (χ1) is 12.3. The van der Waals surface area contributed by atoms with Crippen molar-refractivity contribution in [1.82, 2.24) is 9.21 Å². The van der Waals surface area contributed by atoms with Gasteiger partial charge in [0.2, 0.25) is 10.0 Å². The lowest BCUT2D eigenvalue weighted by Gasteiger charge is -2.54. The molecule has 0 aromatic heterocycles. The summed E-state index contributed by atoms with van der Waals surface area (Å²) in [6.45, 7) is 10.2. The summed E-state index contributed by atoms with van der Waals surface area (Å²) < 4.78 is 32.8. The molecule has 0 aliphatic carbocycles. The Labute approximate surface area is 158 Å². The SMILES string of the molecule is CC(C)N1C[C@H](Oc2ccccc2)[C@@H]1C1CCN(S(=O)(=O)C(C)C)CC1. The molecule has 0 radical (unpaired) electrons. The van der Waals surface area contributed by atoms with Gasteiger partial charge in [0.15, 0.2) is 0 Å². The fourth-order valence-corrected chi connectivity index (χ4v) is 5.51. The zero-order chi connectivity index (χ0) is 18.9. The number of para-hydroxylation sites is 1. The first-order valence-corrected chi connectivity index (χ1v) is 11.3. The highest BCUT2D eigenvalue weighted by Crippen LogP contribution is 2.36. The molecule has 3 rings (SSSR count). The minimum absolute atomic E-state index is 0.193. The molecule has 2 atom stereocenters. The van der Waals surface area contributed by atoms with Crippen molar-refractivity contribution in [2.24, 2.45) is 5.92 Å². The van der Waals surface area contributed by atoms with E-state index in [-0.39, 0.29) is 11.4 Å². The molecule has 2 aliphatic rings. The molecular formula is C20H32N2O3S. The third kappa shape index (κ3) is 3.92. The van der Waals surface area contributed by atoms with Crippen LogP contribution in [0.15, 0.2) is 30.3 Å². The zero-order valence-corrected chi connectivity index (χ0v) is 17.2. The van der Waals surface area contributed by atoms with Crippen molar-refractivity contribution in [2.75, 3.05) is 19.6 Å². The average Bonchev–Trinajstić information content (AvgIpc) is 2.59. The lowest BCUT2D eigenvalue weighted by molar-refractivity contribution is -0.0972. The van der Waals surface area contributed by atoms with E-state index in [9.17, 15) is 8.42 Å². The molecule has 0 spiro atoms. The van der Waals surface area contributed by atoms with Crippen LogP contribution in [0.1, 0.15) is 40.5 Å². The van der Waals surface area contributed by atoms with Crippen molar-refractivity contribution in [3.8, 4) is 5.75 Å². The first-order valence-electron chi connectivity index (χ1n) is 9.77. The molecule has 0 unspecified atom stereocenters. The summed E-state index contributed by atoms with van der Waals surface area (Å²) in [5, 5.41) is -0.343. The number of hydrogen-bond donors (Lipinski definition) is 0. The fourth-order valence-electron chi connectivity index (χ4n) is 4.19. The highest BCUT2D eigenvalue weighted by molar-refractivity contribution is 7.89. The predicted octanol–water partition coefficient (Wildman–Crippen LogP) is 2.98. The molecule has 0 bridgehead atoms. The minimum atomic E-state index is -3.14. The number of hydrogen-bond acceptors (Lipinski definition) is 4. The van der Waals surface area contributed by atoms with Crippen LogP contribution in [0.2, 0.25) is 0 Å². The van der Waals surface area contributed by atoms with Crippen LogP contribution in [-0.2, 0) is 10.0 Å². The molecule has 2 heterocycles. The molecular weight excluding hydrogens is 348 g/mol. The summed E-state index contributed by atoms with van der Waals surface area (Å²) in [6, 6.07) is 10.9. The van der Waals surface area contributed by atoms with Crippen molar-refractivity contribution in [3.05, 3.63) is 30.3 Å². The third-order valence-corrected chi connectivity index (χ3v) is 8.06. The van der Waals surface area contributed by atoms with Crippen molar-refractivity contribution >= 4 is 10.0 Å². The highest BCUT2D eigenvalue weighted by atomic mass is 32.2. The van der Waals surface area contributed by atoms with Crippen molar-refractivity contribution in [3.63, 3.8) is 0 Å². The van der Waals surface area contributed by atoms with Gasteiger partial charge in [-0.15, -0.1) is 0 Å². The van der Waals surface area contributed by atoms with Crippen LogP contribution in [0.4, 0.5) is 0 Å². The van der Waals surface area contributed by atoms with E-state index >= 15 is 0 Å². The summed E-state index contributed by atoms with van der Waals surface area (Å²) >= 11 is 0. The highest BCUT2D eigenvalue weighted by Gasteiger charge is 2.47. The molecule has 0 amide bonds. The predicted molar refractivity (Wildman–Crippen MR) is 105 cm³/mol. The molecule has 5 nitrogen and oxygen atoms in total. The summed E-state index contributed by atoms with van der Waals surface area (Å²) in [6.07, 6.45) is 2.02. The van der Waals surface area contributed by atoms with Gasteiger partial charge in [0.05, 0.1) is 11.3 Å². The molecule has 0 saturated carbocycles. The van der Waals surface area contributed by atoms with Gasteiger partial charge in [-0.25, -0.2) is 12.7 Å². The van der Waals surface area contributed by atoms with E-state index in [1.807, 2.05) is 30.3 Å². The summed E-state index contributed by atoms with van der Waals surface area (Å²) in [5.74, 6) is 1.41. The minimum Gasteiger partial charge on any atom is -0.487 e. The second kappa shape index (κ2) is 7.87. The Hall–Kier alpha value is -1.11. The molecule has 6 heteroatoms. The zero-order valence-electron chi connectivity index (χ0n) is 16.3. The van der Waals surface area contributed by atoms with Gasteiger partial charge in [-0.1, -0.05) is 18.2 Å². The monoisotopic (exact) mass is 380 g/mol. The van der Waals surface area contributed by atoms with E-state index in [2.05, 4.69) is 18.7 Å². The van der Waals surface area contributed by atoms with Gasteiger partial charge in [-0.05, 0) is 58.6 Å². The van der Waals surface area contributed by atoms with Gasteiger partial charge < -0.3 is 4.74 Å². The van der Waals surface area contributed by atoms with Gasteiger partial charge >= 0.3 is 0 Å². The number of piperidine rings is 1. The molecule has 26 heavy (non-hydrogen) atoms. The Kier molecular flexibility index (Phi) is 5.94. The van der Waals surface area contributed by atoms with Crippen molar-refractivity contribution in [1.29, 1.82) is 0 Å². The van der Waals surface area contributed by atoms with Gasteiger partial charge in [0, 0.05) is 25.7 Å². The van der Waals surface area contributed by atoms with Crippen molar-refractivity contribution in [2.45, 2.75) is 64.0 Å². The Balaban J connectivity index is 1.65. The standard InChI is InChI=1S/C20H32N2O3S/c1-15(2)22-14-19(25-18-8-6-5-7-9-18)20(22)17-10-12-21(13-11-17)26(23,24)16(3)4/h5-9,15-17,19-20H,10-14H2,1-4H3/t19-,20-/m0/s1. The number of rotatable bonds is 6. The molecule has 1 aromatic rings.